The largest absolute Gasteiger partial charge is 0.370 e. The van der Waals surface area contributed by atoms with Crippen molar-refractivity contribution in [3.05, 3.63) is 27.6 Å². The summed E-state index contributed by atoms with van der Waals surface area (Å²) in [6, 6.07) is 4.53. The molecule has 4 N–H and O–H groups in total. The Kier molecular flexibility index (Phi) is 2.85. The summed E-state index contributed by atoms with van der Waals surface area (Å²) in [6.07, 6.45) is 0. The number of benzene rings is 1. The van der Waals surface area contributed by atoms with Crippen molar-refractivity contribution in [1.29, 1.82) is 0 Å². The van der Waals surface area contributed by atoms with Gasteiger partial charge in [0.15, 0.2) is 5.96 Å². The smallest absolute Gasteiger partial charge is 0.191 e. The van der Waals surface area contributed by atoms with E-state index < -0.39 is 0 Å². The topological polar surface area (TPSA) is 64.4 Å². The Hall–Kier alpha value is -0.850. The molecule has 0 aromatic heterocycles. The van der Waals surface area contributed by atoms with Gasteiger partial charge in [-0.2, -0.15) is 0 Å². The van der Waals surface area contributed by atoms with Gasteiger partial charge in [-0.3, -0.25) is 0 Å². The second kappa shape index (κ2) is 3.70. The molecule has 0 atom stereocenters. The maximum absolute atomic E-state index is 12.9. The maximum atomic E-state index is 12.9. The van der Waals surface area contributed by atoms with Crippen LogP contribution >= 0.6 is 22.6 Å². The van der Waals surface area contributed by atoms with E-state index in [0.717, 1.165) is 0 Å². The number of halogens is 2. The third-order valence-corrected chi connectivity index (χ3v) is 2.04. The summed E-state index contributed by atoms with van der Waals surface area (Å²) in [5, 5.41) is 0. The Morgan fingerprint density at radius 1 is 1.42 bits per heavy atom. The molecule has 0 saturated heterocycles. The van der Waals surface area contributed by atoms with Gasteiger partial charge in [-0.15, -0.1) is 0 Å². The Bertz CT molecular complexity index is 320. The highest BCUT2D eigenvalue weighted by Crippen LogP contribution is 2.17. The number of rotatable bonds is 1. The molecule has 0 heterocycles. The highest BCUT2D eigenvalue weighted by atomic mass is 127. The molecule has 1 rings (SSSR count). The first-order valence-electron chi connectivity index (χ1n) is 3.14. The summed E-state index contributed by atoms with van der Waals surface area (Å²) in [7, 11) is 0. The quantitative estimate of drug-likeness (QED) is 0.463. The zero-order valence-electron chi connectivity index (χ0n) is 6.09. The number of nitrogens with zero attached hydrogens (tertiary/aromatic N) is 1. The van der Waals surface area contributed by atoms with Crippen molar-refractivity contribution >= 4 is 34.2 Å². The summed E-state index contributed by atoms with van der Waals surface area (Å²) < 4.78 is 13.4. The van der Waals surface area contributed by atoms with Crippen molar-refractivity contribution in [1.82, 2.24) is 0 Å². The van der Waals surface area contributed by atoms with Crippen molar-refractivity contribution in [2.75, 3.05) is 0 Å². The van der Waals surface area contributed by atoms with Gasteiger partial charge < -0.3 is 11.5 Å². The lowest BCUT2D eigenvalue weighted by Crippen LogP contribution is -2.21. The SMILES string of the molecule is NC(N)=Nc1ccc(I)c(F)c1. The fraction of sp³-hybridized carbons (Fsp3) is 0. The van der Waals surface area contributed by atoms with Gasteiger partial charge in [0.1, 0.15) is 5.82 Å². The molecule has 0 bridgehead atoms. The molecular weight excluding hydrogens is 272 g/mol. The molecule has 0 aliphatic heterocycles. The molecule has 12 heavy (non-hydrogen) atoms. The molecule has 0 spiro atoms. The Morgan fingerprint density at radius 2 is 2.08 bits per heavy atom. The lowest BCUT2D eigenvalue weighted by molar-refractivity contribution is 0.621. The molecule has 0 fully saturated rings. The van der Waals surface area contributed by atoms with Gasteiger partial charge in [0.2, 0.25) is 0 Å². The number of hydrogen-bond acceptors (Lipinski definition) is 1. The van der Waals surface area contributed by atoms with Crippen LogP contribution in [0.4, 0.5) is 10.1 Å². The van der Waals surface area contributed by atoms with E-state index in [9.17, 15) is 4.39 Å². The lowest BCUT2D eigenvalue weighted by Gasteiger charge is -1.96. The van der Waals surface area contributed by atoms with Crippen LogP contribution in [0.1, 0.15) is 0 Å². The monoisotopic (exact) mass is 279 g/mol. The third-order valence-electron chi connectivity index (χ3n) is 1.16. The van der Waals surface area contributed by atoms with Crippen LogP contribution in [-0.4, -0.2) is 5.96 Å². The first-order chi connectivity index (χ1) is 5.59. The number of guanidine groups is 1. The number of nitrogens with two attached hydrogens (primary N) is 2. The van der Waals surface area contributed by atoms with E-state index in [4.69, 9.17) is 11.5 Å². The molecule has 0 unspecified atom stereocenters. The second-order valence-corrected chi connectivity index (χ2v) is 3.30. The molecule has 0 aliphatic carbocycles. The van der Waals surface area contributed by atoms with E-state index in [2.05, 4.69) is 4.99 Å². The molecular formula is C7H7FIN3. The fourth-order valence-electron chi connectivity index (χ4n) is 0.704. The summed E-state index contributed by atoms with van der Waals surface area (Å²) >= 11 is 1.89. The lowest BCUT2D eigenvalue weighted by atomic mass is 10.3. The average molecular weight is 279 g/mol. The van der Waals surface area contributed by atoms with Gasteiger partial charge in [-0.1, -0.05) is 0 Å². The Balaban J connectivity index is 3.05. The van der Waals surface area contributed by atoms with Crippen molar-refractivity contribution in [2.24, 2.45) is 16.5 Å². The van der Waals surface area contributed by atoms with Gasteiger partial charge in [-0.25, -0.2) is 9.38 Å². The van der Waals surface area contributed by atoms with E-state index in [1.165, 1.54) is 6.07 Å². The molecule has 64 valence electrons. The highest BCUT2D eigenvalue weighted by molar-refractivity contribution is 14.1. The van der Waals surface area contributed by atoms with Gasteiger partial charge in [0.25, 0.3) is 0 Å². The summed E-state index contributed by atoms with van der Waals surface area (Å²) in [5.74, 6) is -0.395. The van der Waals surface area contributed by atoms with Crippen molar-refractivity contribution < 1.29 is 4.39 Å². The van der Waals surface area contributed by atoms with Crippen LogP contribution in [0.25, 0.3) is 0 Å². The van der Waals surface area contributed by atoms with Crippen LogP contribution in [0.3, 0.4) is 0 Å². The minimum Gasteiger partial charge on any atom is -0.370 e. The zero-order valence-corrected chi connectivity index (χ0v) is 8.25. The summed E-state index contributed by atoms with van der Waals surface area (Å²) in [6.45, 7) is 0. The molecule has 0 saturated carbocycles. The molecule has 0 aliphatic rings. The van der Waals surface area contributed by atoms with E-state index in [0.29, 0.717) is 9.26 Å². The predicted molar refractivity (Wildman–Crippen MR) is 54.6 cm³/mol. The van der Waals surface area contributed by atoms with Crippen molar-refractivity contribution in [2.45, 2.75) is 0 Å². The highest BCUT2D eigenvalue weighted by Gasteiger charge is 1.98. The standard InChI is InChI=1S/C7H7FIN3/c8-5-3-4(12-7(10)11)1-2-6(5)9/h1-3H,(H4,10,11,12). The summed E-state index contributed by atoms with van der Waals surface area (Å²) in [4.78, 5) is 3.69. The zero-order chi connectivity index (χ0) is 9.14. The average Bonchev–Trinajstić information content (AvgIpc) is 1.96. The van der Waals surface area contributed by atoms with Gasteiger partial charge >= 0.3 is 0 Å². The molecule has 0 amide bonds. The number of aliphatic imine (C=N–C) groups is 1. The maximum Gasteiger partial charge on any atom is 0.191 e. The Morgan fingerprint density at radius 3 is 2.58 bits per heavy atom. The second-order valence-electron chi connectivity index (χ2n) is 2.14. The van der Waals surface area contributed by atoms with E-state index in [-0.39, 0.29) is 11.8 Å². The van der Waals surface area contributed by atoms with E-state index in [1.54, 1.807) is 12.1 Å². The van der Waals surface area contributed by atoms with Crippen molar-refractivity contribution in [3.8, 4) is 0 Å². The van der Waals surface area contributed by atoms with Gasteiger partial charge in [-0.05, 0) is 34.7 Å². The van der Waals surface area contributed by atoms with Crippen molar-refractivity contribution in [3.63, 3.8) is 0 Å². The first-order valence-corrected chi connectivity index (χ1v) is 4.22. The van der Waals surface area contributed by atoms with Gasteiger partial charge in [0, 0.05) is 9.64 Å². The third kappa shape index (κ3) is 2.33. The summed E-state index contributed by atoms with van der Waals surface area (Å²) in [5.41, 5.74) is 10.7. The van der Waals surface area contributed by atoms with Crippen LogP contribution in [0.5, 0.6) is 0 Å². The molecule has 3 nitrogen and oxygen atoms in total. The van der Waals surface area contributed by atoms with Crippen LogP contribution in [0.15, 0.2) is 23.2 Å². The first kappa shape index (κ1) is 9.24. The molecule has 5 heteroatoms. The predicted octanol–water partition coefficient (Wildman–Crippen LogP) is 1.34. The van der Waals surface area contributed by atoms with Crippen LogP contribution < -0.4 is 11.5 Å². The van der Waals surface area contributed by atoms with Crippen LogP contribution in [0.2, 0.25) is 0 Å². The van der Waals surface area contributed by atoms with Crippen LogP contribution in [-0.2, 0) is 0 Å². The molecule has 0 radical (unpaired) electrons. The molecule has 1 aromatic carbocycles. The fourth-order valence-corrected chi connectivity index (χ4v) is 1.04. The van der Waals surface area contributed by atoms with Gasteiger partial charge in [0.05, 0.1) is 5.69 Å². The molecule has 1 aromatic rings. The number of hydrogen-bond donors (Lipinski definition) is 2. The van der Waals surface area contributed by atoms with E-state index >= 15 is 0 Å². The van der Waals surface area contributed by atoms with E-state index in [1.807, 2.05) is 22.6 Å². The normalized spacial score (nSPS) is 9.50. The minimum absolute atomic E-state index is 0.0735. The minimum atomic E-state index is -0.321. The Labute approximate surface area is 82.8 Å². The van der Waals surface area contributed by atoms with Crippen LogP contribution in [0, 0.1) is 9.39 Å².